The second-order valence-electron chi connectivity index (χ2n) is 6.06. The van der Waals surface area contributed by atoms with E-state index >= 15 is 0 Å². The third-order valence-corrected chi connectivity index (χ3v) is 5.58. The van der Waals surface area contributed by atoms with Crippen LogP contribution >= 0.6 is 36.2 Å². The van der Waals surface area contributed by atoms with Crippen molar-refractivity contribution in [2.75, 3.05) is 33.9 Å². The lowest BCUT2D eigenvalue weighted by Gasteiger charge is -2.33. The molecule has 1 atom stereocenters. The first kappa shape index (κ1) is 23.5. The molecule has 2 heterocycles. The second kappa shape index (κ2) is 10.1. The number of nitrogens with zero attached hydrogens (tertiary/aromatic N) is 2. The van der Waals surface area contributed by atoms with E-state index in [9.17, 15) is 4.79 Å². The highest BCUT2D eigenvalue weighted by molar-refractivity contribution is 7.17. The summed E-state index contributed by atoms with van der Waals surface area (Å²) in [6.45, 7) is 6.34. The van der Waals surface area contributed by atoms with Crippen LogP contribution in [0.5, 0.6) is 11.5 Å². The minimum Gasteiger partial charge on any atom is -0.493 e. The third-order valence-electron chi connectivity index (χ3n) is 4.38. The van der Waals surface area contributed by atoms with E-state index in [-0.39, 0.29) is 36.8 Å². The summed E-state index contributed by atoms with van der Waals surface area (Å²) in [4.78, 5) is 20.2. The van der Waals surface area contributed by atoms with Crippen molar-refractivity contribution in [2.24, 2.45) is 0 Å². The van der Waals surface area contributed by atoms with Crippen molar-refractivity contribution in [3.63, 3.8) is 0 Å². The Hall–Kier alpha value is -1.54. The molecule has 150 valence electrons. The standard InChI is InChI=1S/C18H23N3O3S.2ClH/c1-11-10-19-7-8-21(11)18(22)16-12(2)20-17(25-16)13-5-6-14(23-3)15(9-13)24-4;;/h5-6,9,11,19H,7-8,10H2,1-4H3;2*1H. The predicted molar refractivity (Wildman–Crippen MR) is 113 cm³/mol. The summed E-state index contributed by atoms with van der Waals surface area (Å²) in [5.74, 6) is 1.39. The average molecular weight is 434 g/mol. The molecule has 1 aliphatic heterocycles. The fraction of sp³-hybridized carbons (Fsp3) is 0.444. The maximum atomic E-state index is 12.9. The lowest BCUT2D eigenvalue weighted by molar-refractivity contribution is 0.0660. The van der Waals surface area contributed by atoms with Gasteiger partial charge < -0.3 is 19.7 Å². The maximum absolute atomic E-state index is 12.9. The number of benzene rings is 1. The van der Waals surface area contributed by atoms with Crippen molar-refractivity contribution in [3.8, 4) is 22.1 Å². The number of halogens is 2. The lowest BCUT2D eigenvalue weighted by atomic mass is 10.2. The van der Waals surface area contributed by atoms with E-state index in [2.05, 4.69) is 17.2 Å². The van der Waals surface area contributed by atoms with Crippen LogP contribution in [0.15, 0.2) is 18.2 Å². The quantitative estimate of drug-likeness (QED) is 0.799. The van der Waals surface area contributed by atoms with Gasteiger partial charge in [-0.25, -0.2) is 4.98 Å². The number of amides is 1. The number of nitrogens with one attached hydrogen (secondary N) is 1. The molecule has 1 aromatic heterocycles. The van der Waals surface area contributed by atoms with Gasteiger partial charge in [-0.2, -0.15) is 0 Å². The molecule has 3 rings (SSSR count). The summed E-state index contributed by atoms with van der Waals surface area (Å²) in [5.41, 5.74) is 1.68. The molecule has 1 aliphatic rings. The molecule has 0 saturated carbocycles. The highest BCUT2D eigenvalue weighted by Gasteiger charge is 2.27. The van der Waals surface area contributed by atoms with Gasteiger partial charge in [0.05, 0.1) is 19.9 Å². The van der Waals surface area contributed by atoms with Crippen molar-refractivity contribution >= 4 is 42.1 Å². The number of methoxy groups -OCH3 is 2. The van der Waals surface area contributed by atoms with Crippen molar-refractivity contribution < 1.29 is 14.3 Å². The highest BCUT2D eigenvalue weighted by atomic mass is 35.5. The number of ether oxygens (including phenoxy) is 2. The van der Waals surface area contributed by atoms with E-state index in [1.54, 1.807) is 14.2 Å². The van der Waals surface area contributed by atoms with Crippen LogP contribution in [-0.2, 0) is 0 Å². The van der Waals surface area contributed by atoms with E-state index < -0.39 is 0 Å². The zero-order chi connectivity index (χ0) is 18.0. The Kier molecular flexibility index (Phi) is 8.81. The minimum absolute atomic E-state index is 0. The molecule has 2 aromatic rings. The van der Waals surface area contributed by atoms with Crippen LogP contribution in [0, 0.1) is 6.92 Å². The fourth-order valence-corrected chi connectivity index (χ4v) is 3.98. The molecular formula is C18H25Cl2N3O3S. The first-order chi connectivity index (χ1) is 12.0. The first-order valence-corrected chi connectivity index (χ1v) is 9.08. The number of aromatic nitrogens is 1. The van der Waals surface area contributed by atoms with Gasteiger partial charge in [0.1, 0.15) is 9.88 Å². The van der Waals surface area contributed by atoms with Crippen molar-refractivity contribution in [2.45, 2.75) is 19.9 Å². The number of aryl methyl sites for hydroxylation is 1. The Morgan fingerprint density at radius 2 is 1.96 bits per heavy atom. The Balaban J connectivity index is 0.00000182. The summed E-state index contributed by atoms with van der Waals surface area (Å²) in [7, 11) is 3.21. The highest BCUT2D eigenvalue weighted by Crippen LogP contribution is 2.35. The van der Waals surface area contributed by atoms with Crippen LogP contribution in [0.3, 0.4) is 0 Å². The molecule has 1 aromatic carbocycles. The van der Waals surface area contributed by atoms with Gasteiger partial charge in [0.25, 0.3) is 5.91 Å². The van der Waals surface area contributed by atoms with E-state index in [0.717, 1.165) is 35.9 Å². The number of carbonyl (C=O) groups is 1. The molecule has 1 unspecified atom stereocenters. The summed E-state index contributed by atoms with van der Waals surface area (Å²) in [6.07, 6.45) is 0. The second-order valence-corrected chi connectivity index (χ2v) is 7.05. The normalized spacial score (nSPS) is 16.1. The Morgan fingerprint density at radius 3 is 2.59 bits per heavy atom. The van der Waals surface area contributed by atoms with Crippen LogP contribution in [0.4, 0.5) is 0 Å². The van der Waals surface area contributed by atoms with Gasteiger partial charge >= 0.3 is 0 Å². The van der Waals surface area contributed by atoms with Gasteiger partial charge in [0, 0.05) is 31.2 Å². The molecule has 1 N–H and O–H groups in total. The van der Waals surface area contributed by atoms with Gasteiger partial charge in [-0.3, -0.25) is 4.79 Å². The summed E-state index contributed by atoms with van der Waals surface area (Å²) >= 11 is 1.43. The van der Waals surface area contributed by atoms with Crippen LogP contribution in [-0.4, -0.2) is 55.7 Å². The van der Waals surface area contributed by atoms with Gasteiger partial charge in [-0.15, -0.1) is 36.2 Å². The Morgan fingerprint density at radius 1 is 1.26 bits per heavy atom. The summed E-state index contributed by atoms with van der Waals surface area (Å²) < 4.78 is 10.6. The lowest BCUT2D eigenvalue weighted by Crippen LogP contribution is -2.52. The van der Waals surface area contributed by atoms with Crippen molar-refractivity contribution in [3.05, 3.63) is 28.8 Å². The van der Waals surface area contributed by atoms with E-state index in [0.29, 0.717) is 16.4 Å². The van der Waals surface area contributed by atoms with Crippen LogP contribution in [0.1, 0.15) is 22.3 Å². The minimum atomic E-state index is 0. The Bertz CT molecular complexity index is 785. The molecular weight excluding hydrogens is 409 g/mol. The summed E-state index contributed by atoms with van der Waals surface area (Å²) in [6, 6.07) is 5.86. The number of piperazine rings is 1. The summed E-state index contributed by atoms with van der Waals surface area (Å²) in [5, 5.41) is 4.12. The van der Waals surface area contributed by atoms with Crippen LogP contribution in [0.2, 0.25) is 0 Å². The topological polar surface area (TPSA) is 63.7 Å². The predicted octanol–water partition coefficient (Wildman–Crippen LogP) is 3.41. The SMILES string of the molecule is COc1ccc(-c2nc(C)c(C(=O)N3CCNCC3C)s2)cc1OC.Cl.Cl. The third kappa shape index (κ3) is 4.85. The molecule has 0 radical (unpaired) electrons. The van der Waals surface area contributed by atoms with Crippen LogP contribution in [0.25, 0.3) is 10.6 Å². The zero-order valence-corrected chi connectivity index (χ0v) is 18.2. The van der Waals surface area contributed by atoms with Gasteiger partial charge in [-0.05, 0) is 32.0 Å². The first-order valence-electron chi connectivity index (χ1n) is 8.26. The molecule has 1 amide bonds. The number of hydrogen-bond donors (Lipinski definition) is 1. The van der Waals surface area contributed by atoms with E-state index in [4.69, 9.17) is 9.47 Å². The smallest absolute Gasteiger partial charge is 0.266 e. The van der Waals surface area contributed by atoms with Crippen molar-refractivity contribution in [1.82, 2.24) is 15.2 Å². The molecule has 27 heavy (non-hydrogen) atoms. The van der Waals surface area contributed by atoms with E-state index in [1.165, 1.54) is 11.3 Å². The number of thiazole rings is 1. The molecule has 0 aliphatic carbocycles. The van der Waals surface area contributed by atoms with Crippen molar-refractivity contribution in [1.29, 1.82) is 0 Å². The van der Waals surface area contributed by atoms with Gasteiger partial charge in [-0.1, -0.05) is 0 Å². The fourth-order valence-electron chi connectivity index (χ4n) is 2.96. The largest absolute Gasteiger partial charge is 0.493 e. The van der Waals surface area contributed by atoms with Gasteiger partial charge in [0.2, 0.25) is 0 Å². The van der Waals surface area contributed by atoms with Crippen LogP contribution < -0.4 is 14.8 Å². The molecule has 9 heteroatoms. The average Bonchev–Trinajstić information content (AvgIpc) is 3.02. The molecule has 0 spiro atoms. The molecule has 0 bridgehead atoms. The molecule has 1 saturated heterocycles. The monoisotopic (exact) mass is 433 g/mol. The number of rotatable bonds is 4. The molecule has 1 fully saturated rings. The van der Waals surface area contributed by atoms with E-state index in [1.807, 2.05) is 30.0 Å². The molecule has 6 nitrogen and oxygen atoms in total. The number of hydrogen-bond acceptors (Lipinski definition) is 6. The zero-order valence-electron chi connectivity index (χ0n) is 15.8. The number of carbonyl (C=O) groups excluding carboxylic acids is 1. The van der Waals surface area contributed by atoms with Gasteiger partial charge in [0.15, 0.2) is 11.5 Å². The maximum Gasteiger partial charge on any atom is 0.266 e. The Labute approximate surface area is 176 Å².